The minimum absolute atomic E-state index is 0.00874. The minimum atomic E-state index is -1.73. The lowest BCUT2D eigenvalue weighted by Crippen LogP contribution is -2.53. The molecule has 0 saturated heterocycles. The van der Waals surface area contributed by atoms with Crippen molar-refractivity contribution in [3.8, 4) is 0 Å². The van der Waals surface area contributed by atoms with Crippen LogP contribution in [0.15, 0.2) is 41.1 Å². The molecule has 3 saturated carbocycles. The topological polar surface area (TPSA) is 172 Å². The highest BCUT2D eigenvalue weighted by molar-refractivity contribution is 5.96. The number of nitrogens with one attached hydrogen (secondary N) is 1. The van der Waals surface area contributed by atoms with E-state index < -0.39 is 41.2 Å². The van der Waals surface area contributed by atoms with Gasteiger partial charge < -0.3 is 25.5 Å². The number of hydrogen-bond acceptors (Lipinski definition) is 8. The normalized spacial score (nSPS) is 36.1. The third kappa shape index (κ3) is 5.21. The maximum absolute atomic E-state index is 12.5. The third-order valence-electron chi connectivity index (χ3n) is 11.2. The van der Waals surface area contributed by atoms with E-state index in [-0.39, 0.29) is 22.1 Å². The summed E-state index contributed by atoms with van der Waals surface area (Å²) in [5.74, 6) is -0.555. The summed E-state index contributed by atoms with van der Waals surface area (Å²) in [7, 11) is 0. The second-order valence-electron chi connectivity index (χ2n) is 13.3. The second-order valence-corrected chi connectivity index (χ2v) is 13.3. The average molecular weight is 584 g/mol. The van der Waals surface area contributed by atoms with Crippen LogP contribution in [-0.4, -0.2) is 56.1 Å². The van der Waals surface area contributed by atoms with Gasteiger partial charge in [-0.3, -0.25) is 14.9 Å². The number of carbonyl (C=O) groups is 2. The number of aliphatic hydroxyl groups is 2. The molecule has 11 heteroatoms. The van der Waals surface area contributed by atoms with Gasteiger partial charge in [0.1, 0.15) is 6.10 Å². The van der Waals surface area contributed by atoms with Crippen LogP contribution in [0.25, 0.3) is 0 Å². The number of amides is 1. The molecule has 1 aromatic carbocycles. The van der Waals surface area contributed by atoms with Crippen molar-refractivity contribution < 1.29 is 34.7 Å². The maximum Gasteiger partial charge on any atom is 0.329 e. The Balaban J connectivity index is 1.20. The largest absolute Gasteiger partial charge is 0.480 e. The molecule has 0 bridgehead atoms. The molecule has 3 fully saturated rings. The van der Waals surface area contributed by atoms with Crippen molar-refractivity contribution in [1.29, 1.82) is 0 Å². The number of aliphatic carboxylic acids is 1. The van der Waals surface area contributed by atoms with E-state index in [1.807, 2.05) is 6.92 Å². The van der Waals surface area contributed by atoms with Crippen LogP contribution in [-0.2, 0) is 14.4 Å². The number of nitro benzene ring substituents is 1. The van der Waals surface area contributed by atoms with Crippen molar-refractivity contribution in [3.63, 3.8) is 0 Å². The Morgan fingerprint density at radius 2 is 1.88 bits per heavy atom. The Labute approximate surface area is 245 Å². The van der Waals surface area contributed by atoms with Gasteiger partial charge in [-0.2, -0.15) is 0 Å². The number of rotatable bonds is 8. The number of fused-ring (bicyclic) bond motifs is 5. The minimum Gasteiger partial charge on any atom is -0.480 e. The van der Waals surface area contributed by atoms with Gasteiger partial charge >= 0.3 is 5.97 Å². The molecule has 4 aliphatic carbocycles. The Bertz CT molecular complexity index is 1320. The lowest BCUT2D eigenvalue weighted by molar-refractivity contribution is -0.385. The highest BCUT2D eigenvalue weighted by Crippen LogP contribution is 2.67. The van der Waals surface area contributed by atoms with Crippen LogP contribution in [0.2, 0.25) is 0 Å². The molecule has 0 aromatic heterocycles. The first-order chi connectivity index (χ1) is 19.8. The molecule has 42 heavy (non-hydrogen) atoms. The summed E-state index contributed by atoms with van der Waals surface area (Å²) in [4.78, 5) is 39.9. The lowest BCUT2D eigenvalue weighted by Gasteiger charge is -2.59. The van der Waals surface area contributed by atoms with Crippen molar-refractivity contribution in [2.24, 2.45) is 33.7 Å². The highest BCUT2D eigenvalue weighted by Gasteiger charge is 2.62. The maximum atomic E-state index is 12.5. The zero-order valence-electron chi connectivity index (χ0n) is 24.4. The SMILES string of the molecule is C[C@]12CC/C(=N/OCC(=O)N[C@H](C(=O)O)[C@H](O)c3cccc([N+](=O)[O-])c3)C=C1CC[C@@H]1[C@H]2CC[C@@]2(C)[C@@H]1CC[C@]2(C)O. The predicted molar refractivity (Wildman–Crippen MR) is 153 cm³/mol. The molecule has 0 spiro atoms. The highest BCUT2D eigenvalue weighted by atomic mass is 16.6. The van der Waals surface area contributed by atoms with Gasteiger partial charge in [0.25, 0.3) is 11.6 Å². The summed E-state index contributed by atoms with van der Waals surface area (Å²) in [6.07, 6.45) is 8.22. The van der Waals surface area contributed by atoms with Crippen LogP contribution in [0.1, 0.15) is 83.8 Å². The molecule has 0 aliphatic heterocycles. The first-order valence-electron chi connectivity index (χ1n) is 14.8. The molecule has 0 radical (unpaired) electrons. The van der Waals surface area contributed by atoms with E-state index in [1.54, 1.807) is 0 Å². The number of nitrogens with zero attached hydrogens (tertiary/aromatic N) is 2. The van der Waals surface area contributed by atoms with Gasteiger partial charge in [0, 0.05) is 12.1 Å². The van der Waals surface area contributed by atoms with Gasteiger partial charge in [0.2, 0.25) is 0 Å². The van der Waals surface area contributed by atoms with Gasteiger partial charge in [-0.25, -0.2) is 4.79 Å². The molecule has 4 N–H and O–H groups in total. The first-order valence-corrected chi connectivity index (χ1v) is 14.8. The van der Waals surface area contributed by atoms with E-state index in [4.69, 9.17) is 4.84 Å². The molecule has 1 amide bonds. The van der Waals surface area contributed by atoms with E-state index in [1.165, 1.54) is 23.8 Å². The fraction of sp³-hybridized carbons (Fsp3) is 0.645. The number of nitro groups is 1. The molecule has 0 unspecified atom stereocenters. The standard InChI is InChI=1S/C31H41N3O8/c1-29-12-9-20(16-19(29)7-8-22-23(29)10-13-30(2)24(22)11-14-31(30,3)39)33-42-17-25(35)32-26(28(37)38)27(36)18-5-4-6-21(15-18)34(40)41/h4-6,15-16,22-24,26-27,36,39H,7-14,17H2,1-3H3,(H,32,35)(H,37,38)/b33-20-/t22-,23-,24-,26+,27-,29+,30+,31+/m1/s1. The van der Waals surface area contributed by atoms with E-state index >= 15 is 0 Å². The molecular formula is C31H41N3O8. The van der Waals surface area contributed by atoms with Crippen molar-refractivity contribution >= 4 is 23.3 Å². The monoisotopic (exact) mass is 583 g/mol. The second kappa shape index (κ2) is 11.1. The summed E-state index contributed by atoms with van der Waals surface area (Å²) >= 11 is 0. The number of carboxylic acid groups (broad SMARTS) is 1. The Kier molecular flexibility index (Phi) is 7.95. The number of hydrogen-bond donors (Lipinski definition) is 4. The van der Waals surface area contributed by atoms with Crippen LogP contribution < -0.4 is 5.32 Å². The zero-order valence-corrected chi connectivity index (χ0v) is 24.4. The average Bonchev–Trinajstić information content (AvgIpc) is 3.19. The fourth-order valence-electron chi connectivity index (χ4n) is 8.57. The van der Waals surface area contributed by atoms with E-state index in [9.17, 15) is 35.0 Å². The van der Waals surface area contributed by atoms with Crippen LogP contribution in [0, 0.1) is 38.7 Å². The summed E-state index contributed by atoms with van der Waals surface area (Å²) in [5.41, 5.74) is 1.25. The van der Waals surface area contributed by atoms with Crippen LogP contribution in [0.4, 0.5) is 5.69 Å². The summed E-state index contributed by atoms with van der Waals surface area (Å²) < 4.78 is 0. The zero-order chi connectivity index (χ0) is 30.4. The number of carboxylic acids is 1. The molecule has 0 heterocycles. The van der Waals surface area contributed by atoms with Crippen LogP contribution in [0.3, 0.4) is 0 Å². The quantitative estimate of drug-likeness (QED) is 0.259. The van der Waals surface area contributed by atoms with E-state index in [2.05, 4.69) is 30.4 Å². The van der Waals surface area contributed by atoms with E-state index in [0.29, 0.717) is 24.2 Å². The molecule has 4 aliphatic rings. The summed E-state index contributed by atoms with van der Waals surface area (Å²) in [6, 6.07) is 3.24. The summed E-state index contributed by atoms with van der Waals surface area (Å²) in [6.45, 7) is 6.14. The molecular weight excluding hydrogens is 542 g/mol. The lowest BCUT2D eigenvalue weighted by atomic mass is 9.46. The molecule has 11 nitrogen and oxygen atoms in total. The van der Waals surface area contributed by atoms with Gasteiger partial charge in [0.05, 0.1) is 16.2 Å². The Hall–Kier alpha value is -3.31. The Morgan fingerprint density at radius 1 is 1.14 bits per heavy atom. The molecule has 5 rings (SSSR count). The first kappa shape index (κ1) is 30.2. The number of oxime groups is 1. The molecule has 8 atom stereocenters. The van der Waals surface area contributed by atoms with Crippen molar-refractivity contribution in [2.75, 3.05) is 6.61 Å². The van der Waals surface area contributed by atoms with Crippen molar-refractivity contribution in [3.05, 3.63) is 51.6 Å². The third-order valence-corrected chi connectivity index (χ3v) is 11.2. The molecule has 1 aromatic rings. The van der Waals surface area contributed by atoms with Gasteiger partial charge in [0.15, 0.2) is 12.6 Å². The number of allylic oxidation sites excluding steroid dienone is 2. The van der Waals surface area contributed by atoms with Crippen LogP contribution >= 0.6 is 0 Å². The van der Waals surface area contributed by atoms with Gasteiger partial charge in [-0.1, -0.05) is 36.7 Å². The van der Waals surface area contributed by atoms with Crippen molar-refractivity contribution in [2.45, 2.75) is 89.9 Å². The number of aliphatic hydroxyl groups excluding tert-OH is 1. The van der Waals surface area contributed by atoms with Crippen molar-refractivity contribution in [1.82, 2.24) is 5.32 Å². The number of carbonyl (C=O) groups excluding carboxylic acids is 1. The summed E-state index contributed by atoms with van der Waals surface area (Å²) in [5, 5.41) is 48.7. The number of benzene rings is 1. The fourth-order valence-corrected chi connectivity index (χ4v) is 8.57. The van der Waals surface area contributed by atoms with Crippen LogP contribution in [0.5, 0.6) is 0 Å². The van der Waals surface area contributed by atoms with Gasteiger partial charge in [-0.05, 0) is 98.5 Å². The van der Waals surface area contributed by atoms with Gasteiger partial charge in [-0.15, -0.1) is 0 Å². The predicted octanol–water partition coefficient (Wildman–Crippen LogP) is 4.28. The van der Waals surface area contributed by atoms with E-state index in [0.717, 1.165) is 56.7 Å². The Morgan fingerprint density at radius 3 is 2.60 bits per heavy atom. The smallest absolute Gasteiger partial charge is 0.329 e. The molecule has 228 valence electrons. The number of non-ortho nitro benzene ring substituents is 1.